The molecule has 11 atom stereocenters. The molecule has 8 rings (SSSR count). The average Bonchev–Trinajstić information content (AvgIpc) is 3.96. The van der Waals surface area contributed by atoms with E-state index in [-0.39, 0.29) is 42.0 Å². The maximum Gasteiger partial charge on any atom is 0.472 e. The van der Waals surface area contributed by atoms with Gasteiger partial charge >= 0.3 is 32.7 Å². The molecular weight excluding hydrogens is 932 g/mol. The van der Waals surface area contributed by atoms with E-state index in [9.17, 15) is 48.0 Å². The minimum absolute atomic E-state index is 0.0184. The summed E-state index contributed by atoms with van der Waals surface area (Å²) < 4.78 is 70.1. The van der Waals surface area contributed by atoms with E-state index in [1.807, 2.05) is 42.5 Å². The number of benzene rings is 2. The Kier molecular flexibility index (Phi) is 14.0. The van der Waals surface area contributed by atoms with Crippen molar-refractivity contribution in [2.45, 2.75) is 93.3 Å². The van der Waals surface area contributed by atoms with Crippen molar-refractivity contribution in [3.05, 3.63) is 130 Å². The molecule has 3 fully saturated rings. The number of nitrogen functional groups attached to an aromatic ring is 1. The van der Waals surface area contributed by atoms with Gasteiger partial charge in [-0.1, -0.05) is 30.3 Å². The highest BCUT2D eigenvalue weighted by Gasteiger charge is 2.46. The van der Waals surface area contributed by atoms with Gasteiger partial charge in [0.2, 0.25) is 0 Å². The van der Waals surface area contributed by atoms with Crippen LogP contribution >= 0.6 is 27.4 Å². The molecule has 2 aromatic carbocycles. The maximum atomic E-state index is 13.7. The molecule has 5 aromatic rings. The van der Waals surface area contributed by atoms with E-state index in [4.69, 9.17) is 38.0 Å². The summed E-state index contributed by atoms with van der Waals surface area (Å²) >= 11 is 1.38. The first kappa shape index (κ1) is 47.6. The summed E-state index contributed by atoms with van der Waals surface area (Å²) in [5, 5.41) is 12.7. The first-order valence-electron chi connectivity index (χ1n) is 20.4. The van der Waals surface area contributed by atoms with E-state index in [0.29, 0.717) is 0 Å². The SMILES string of the molecule is Cc1cn([C@H]2C[C@H](OP(=O)(O)OC[C@H]3O[C@@H](n4cc(C)c(=O)[nH]c4=O)C[C@@H]3O)[C@@H](COP(=O)(O)O[C@H]3C[C@H](n4ccc(N)nc4=O)O[C@@H]3CSc3ccc4ccccc4c3)O2)c(=O)[nH]c1=O. The fourth-order valence-corrected chi connectivity index (χ4v) is 10.7. The van der Waals surface area contributed by atoms with E-state index < -0.39 is 112 Å². The highest BCUT2D eigenvalue weighted by molar-refractivity contribution is 7.99. The number of H-pyrrole nitrogens is 2. The number of phosphoric acid groups is 2. The van der Waals surface area contributed by atoms with Crippen molar-refractivity contribution in [3.8, 4) is 0 Å². The molecule has 0 amide bonds. The first-order valence-corrected chi connectivity index (χ1v) is 24.4. The number of anilines is 1. The van der Waals surface area contributed by atoms with Crippen molar-refractivity contribution in [1.29, 1.82) is 0 Å². The molecule has 7 N–H and O–H groups in total. The number of aliphatic hydroxyl groups is 1. The Morgan fingerprint density at radius 2 is 1.27 bits per heavy atom. The molecule has 27 heteroatoms. The number of aryl methyl sites for hydroxylation is 2. The number of phosphoric ester groups is 2. The van der Waals surface area contributed by atoms with Crippen LogP contribution in [-0.2, 0) is 41.4 Å². The maximum absolute atomic E-state index is 13.7. The van der Waals surface area contributed by atoms with Gasteiger partial charge in [-0.05, 0) is 42.8 Å². The van der Waals surface area contributed by atoms with E-state index in [1.165, 1.54) is 54.8 Å². The summed E-state index contributed by atoms with van der Waals surface area (Å²) in [4.78, 5) is 93.0. The van der Waals surface area contributed by atoms with Gasteiger partial charge in [0.05, 0.1) is 25.4 Å². The van der Waals surface area contributed by atoms with Crippen molar-refractivity contribution < 1.29 is 56.3 Å². The minimum Gasteiger partial charge on any atom is -0.390 e. The van der Waals surface area contributed by atoms with Gasteiger partial charge in [0.1, 0.15) is 48.9 Å². The Balaban J connectivity index is 0.963. The predicted molar refractivity (Wildman–Crippen MR) is 233 cm³/mol. The first-order chi connectivity index (χ1) is 31.3. The molecule has 0 radical (unpaired) electrons. The summed E-state index contributed by atoms with van der Waals surface area (Å²) in [5.74, 6) is 0.184. The van der Waals surface area contributed by atoms with Crippen LogP contribution in [-0.4, -0.2) is 99.1 Å². The molecule has 0 spiro atoms. The van der Waals surface area contributed by atoms with Crippen molar-refractivity contribution in [2.24, 2.45) is 0 Å². The normalized spacial score (nSPS) is 27.3. The third-order valence-corrected chi connectivity index (χ3v) is 14.2. The number of thioether (sulfide) groups is 1. The zero-order valence-corrected chi connectivity index (χ0v) is 37.6. The fourth-order valence-electron chi connectivity index (χ4n) is 7.72. The van der Waals surface area contributed by atoms with Crippen LogP contribution in [0.3, 0.4) is 0 Å². The minimum atomic E-state index is -5.12. The second kappa shape index (κ2) is 19.4. The van der Waals surface area contributed by atoms with Gasteiger partial charge in [-0.25, -0.2) is 23.5 Å². The van der Waals surface area contributed by atoms with Crippen LogP contribution in [0.1, 0.15) is 49.1 Å². The number of ether oxygens (including phenoxy) is 3. The Hall–Kier alpha value is -4.85. The van der Waals surface area contributed by atoms with Crippen LogP contribution in [0.25, 0.3) is 10.8 Å². The molecular formula is C39H45N7O17P2S. The number of nitrogens with one attached hydrogen (secondary N) is 2. The quantitative estimate of drug-likeness (QED) is 0.0605. The number of hydrogen-bond donors (Lipinski definition) is 6. The van der Waals surface area contributed by atoms with Crippen LogP contribution in [0, 0.1) is 13.8 Å². The van der Waals surface area contributed by atoms with Crippen molar-refractivity contribution in [3.63, 3.8) is 0 Å². The predicted octanol–water partition coefficient (Wildman–Crippen LogP) is 1.72. The van der Waals surface area contributed by atoms with Gasteiger partial charge in [-0.2, -0.15) is 4.98 Å². The topological polar surface area (TPSA) is 330 Å². The average molecular weight is 978 g/mol. The lowest BCUT2D eigenvalue weighted by Crippen LogP contribution is -2.33. The zero-order valence-electron chi connectivity index (χ0n) is 35.0. The van der Waals surface area contributed by atoms with Crippen LogP contribution in [0.2, 0.25) is 0 Å². The number of aromatic nitrogens is 6. The summed E-state index contributed by atoms with van der Waals surface area (Å²) in [6.07, 6.45) is -7.56. The number of nitrogens with zero attached hydrogens (tertiary/aromatic N) is 4. The van der Waals surface area contributed by atoms with E-state index in [1.54, 1.807) is 0 Å². The number of rotatable bonds is 16. The molecule has 0 saturated carbocycles. The van der Waals surface area contributed by atoms with Crippen molar-refractivity contribution in [1.82, 2.24) is 28.7 Å². The number of aromatic amines is 2. The summed E-state index contributed by atoms with van der Waals surface area (Å²) in [6, 6.07) is 15.0. The molecule has 3 saturated heterocycles. The Labute approximate surface area is 376 Å². The van der Waals surface area contributed by atoms with Gasteiger partial charge < -0.3 is 34.8 Å². The molecule has 3 aliphatic rings. The lowest BCUT2D eigenvalue weighted by Gasteiger charge is -2.24. The highest BCUT2D eigenvalue weighted by Crippen LogP contribution is 2.52. The van der Waals surface area contributed by atoms with E-state index in [2.05, 4.69) is 15.0 Å². The van der Waals surface area contributed by atoms with Gasteiger partial charge in [-0.3, -0.25) is 51.4 Å². The lowest BCUT2D eigenvalue weighted by atomic mass is 10.1. The lowest BCUT2D eigenvalue weighted by molar-refractivity contribution is -0.0590. The van der Waals surface area contributed by atoms with Gasteiger partial charge in [0, 0.05) is 59.6 Å². The van der Waals surface area contributed by atoms with Crippen LogP contribution in [0.15, 0.2) is 96.0 Å². The second-order valence-corrected chi connectivity index (χ2v) is 19.7. The zero-order chi connectivity index (χ0) is 47.1. The number of fused-ring (bicyclic) bond motifs is 1. The number of hydrogen-bond acceptors (Lipinski definition) is 18. The molecule has 66 heavy (non-hydrogen) atoms. The number of nitrogens with two attached hydrogens (primary N) is 1. The standard InChI is InChI=1S/C39H45N7O17P2S/c1-20-15-45(38(51)42-35(20)48)32-12-25(47)28(59-32)17-57-64(53,54)62-26-13-34(46-16-21(2)36(49)43-39(46)52)60-29(26)18-58-65(55,56)63-27-14-33(44-10-9-31(40)41-37(44)50)61-30(27)19-66-24-8-7-22-5-3-4-6-23(22)11-24/h3-11,15-16,25-30,32-34,47H,12-14,17-19H2,1-2H3,(H,53,54)(H,55,56)(H2,40,41,50)(H,42,48,51)(H,43,49,52)/t25-,26-,27-,28+,29+,30+,32+,33+,34+/m0/s1. The van der Waals surface area contributed by atoms with Crippen molar-refractivity contribution >= 4 is 44.0 Å². The van der Waals surface area contributed by atoms with Crippen LogP contribution in [0.4, 0.5) is 5.82 Å². The number of aliphatic hydroxyl groups excluding tert-OH is 1. The highest BCUT2D eigenvalue weighted by atomic mass is 32.2. The summed E-state index contributed by atoms with van der Waals surface area (Å²) in [5.41, 5.74) is 2.31. The molecule has 6 heterocycles. The van der Waals surface area contributed by atoms with Gasteiger partial charge in [0.25, 0.3) is 11.1 Å². The molecule has 3 aromatic heterocycles. The van der Waals surface area contributed by atoms with E-state index in [0.717, 1.165) is 24.8 Å². The van der Waals surface area contributed by atoms with E-state index >= 15 is 0 Å². The van der Waals surface area contributed by atoms with Gasteiger partial charge in [-0.15, -0.1) is 11.8 Å². The van der Waals surface area contributed by atoms with Gasteiger partial charge in [0.15, 0.2) is 0 Å². The molecule has 3 aliphatic heterocycles. The Bertz CT molecular complexity index is 3020. The molecule has 354 valence electrons. The smallest absolute Gasteiger partial charge is 0.390 e. The van der Waals surface area contributed by atoms with Crippen molar-refractivity contribution in [2.75, 3.05) is 24.7 Å². The molecule has 0 aliphatic carbocycles. The Morgan fingerprint density at radius 1 is 0.742 bits per heavy atom. The second-order valence-electron chi connectivity index (χ2n) is 15.8. The third-order valence-electron chi connectivity index (χ3n) is 11.1. The van der Waals surface area contributed by atoms with Crippen LogP contribution in [0.5, 0.6) is 0 Å². The largest absolute Gasteiger partial charge is 0.472 e. The Morgan fingerprint density at radius 3 is 1.89 bits per heavy atom. The fraction of sp³-hybridized carbons (Fsp3) is 0.436. The third kappa shape index (κ3) is 11.0. The molecule has 0 bridgehead atoms. The summed E-state index contributed by atoms with van der Waals surface area (Å²) in [7, 11) is -10.2. The monoisotopic (exact) mass is 977 g/mol. The van der Waals surface area contributed by atoms with Crippen LogP contribution < -0.4 is 33.9 Å². The summed E-state index contributed by atoms with van der Waals surface area (Å²) in [6.45, 7) is 1.35. The molecule has 2 unspecified atom stereocenters. The molecule has 24 nitrogen and oxygen atoms in total.